The summed E-state index contributed by atoms with van der Waals surface area (Å²) in [5.74, 6) is -0.839. The van der Waals surface area contributed by atoms with E-state index >= 15 is 0 Å². The van der Waals surface area contributed by atoms with Crippen LogP contribution in [0.1, 0.15) is 39.6 Å². The first-order valence-electron chi connectivity index (χ1n) is 8.91. The molecule has 4 rings (SSSR count). The van der Waals surface area contributed by atoms with Crippen molar-refractivity contribution >= 4 is 17.4 Å². The normalized spacial score (nSPS) is 15.4. The molecule has 1 atom stereocenters. The number of hydrogen-bond acceptors (Lipinski definition) is 2. The zero-order chi connectivity index (χ0) is 19.0. The smallest absolute Gasteiger partial charge is 0.233 e. The highest BCUT2D eigenvalue weighted by atomic mass is 19.1. The molecule has 27 heavy (non-hydrogen) atoms. The summed E-state index contributed by atoms with van der Waals surface area (Å²) in [5, 5.41) is 2.89. The lowest BCUT2D eigenvalue weighted by molar-refractivity contribution is -0.117. The fraction of sp³-hybridized carbons (Fsp3) is 0.182. The van der Waals surface area contributed by atoms with Gasteiger partial charge in [0.05, 0.1) is 11.6 Å². The van der Waals surface area contributed by atoms with E-state index in [0.29, 0.717) is 35.5 Å². The van der Waals surface area contributed by atoms with E-state index < -0.39 is 0 Å². The number of ketones is 1. The minimum Gasteiger partial charge on any atom is -0.341 e. The summed E-state index contributed by atoms with van der Waals surface area (Å²) in [6, 6.07) is 17.1. The number of hydrogen-bond donors (Lipinski definition) is 1. The minimum atomic E-state index is -0.329. The number of amides is 1. The molecule has 2 aromatic carbocycles. The standard InChI is InChI=1S/C22H19FN2O2/c1-14-13-16(23)7-8-18(14)24-22(27)17-11-12-25-19(17)9-10-20(25)21(26)15-5-3-2-4-6-15/h2-10,13,17H,11-12H2,1H3,(H,24,27). The lowest BCUT2D eigenvalue weighted by atomic mass is 10.0. The van der Waals surface area contributed by atoms with E-state index in [1.54, 1.807) is 31.2 Å². The third kappa shape index (κ3) is 3.16. The van der Waals surface area contributed by atoms with Crippen LogP contribution in [0.4, 0.5) is 10.1 Å². The first-order valence-corrected chi connectivity index (χ1v) is 8.91. The van der Waals surface area contributed by atoms with Gasteiger partial charge in [0, 0.05) is 23.5 Å². The van der Waals surface area contributed by atoms with Gasteiger partial charge in [-0.15, -0.1) is 0 Å². The van der Waals surface area contributed by atoms with Gasteiger partial charge in [0.1, 0.15) is 5.82 Å². The van der Waals surface area contributed by atoms with Crippen LogP contribution in [0.15, 0.2) is 60.7 Å². The van der Waals surface area contributed by atoms with Crippen LogP contribution >= 0.6 is 0 Å². The van der Waals surface area contributed by atoms with Gasteiger partial charge >= 0.3 is 0 Å². The van der Waals surface area contributed by atoms with Crippen LogP contribution in [0.3, 0.4) is 0 Å². The van der Waals surface area contributed by atoms with E-state index in [1.165, 1.54) is 12.1 Å². The average Bonchev–Trinajstić information content (AvgIpc) is 3.26. The van der Waals surface area contributed by atoms with E-state index in [2.05, 4.69) is 5.32 Å². The molecule has 0 fully saturated rings. The van der Waals surface area contributed by atoms with Crippen LogP contribution < -0.4 is 5.32 Å². The Balaban J connectivity index is 1.57. The molecule has 1 aliphatic heterocycles. The Labute approximate surface area is 156 Å². The van der Waals surface area contributed by atoms with Crippen molar-refractivity contribution in [2.45, 2.75) is 25.8 Å². The summed E-state index contributed by atoms with van der Waals surface area (Å²) in [4.78, 5) is 25.5. The lowest BCUT2D eigenvalue weighted by Crippen LogP contribution is -2.20. The molecule has 1 aromatic heterocycles. The van der Waals surface area contributed by atoms with Crippen molar-refractivity contribution in [3.8, 4) is 0 Å². The van der Waals surface area contributed by atoms with Crippen molar-refractivity contribution in [3.63, 3.8) is 0 Å². The highest BCUT2D eigenvalue weighted by Crippen LogP contribution is 2.32. The fourth-order valence-corrected chi connectivity index (χ4v) is 3.63. The number of nitrogens with one attached hydrogen (secondary N) is 1. The second-order valence-corrected chi connectivity index (χ2v) is 6.78. The highest BCUT2D eigenvalue weighted by molar-refractivity contribution is 6.08. The van der Waals surface area contributed by atoms with Crippen molar-refractivity contribution in [2.75, 3.05) is 5.32 Å². The molecule has 0 bridgehead atoms. The quantitative estimate of drug-likeness (QED) is 0.704. The summed E-state index contributed by atoms with van der Waals surface area (Å²) >= 11 is 0. The third-order valence-corrected chi connectivity index (χ3v) is 5.04. The number of anilines is 1. The van der Waals surface area contributed by atoms with Crippen molar-refractivity contribution in [3.05, 3.63) is 89.0 Å². The molecule has 2 heterocycles. The second kappa shape index (κ2) is 6.83. The Bertz CT molecular complexity index is 1020. The van der Waals surface area contributed by atoms with Crippen LogP contribution in [0.25, 0.3) is 0 Å². The molecule has 1 unspecified atom stereocenters. The molecule has 0 saturated heterocycles. The molecular weight excluding hydrogens is 343 g/mol. The van der Waals surface area contributed by atoms with E-state index in [9.17, 15) is 14.0 Å². The summed E-state index contributed by atoms with van der Waals surface area (Å²) in [6.07, 6.45) is 0.636. The van der Waals surface area contributed by atoms with Crippen LogP contribution in [-0.4, -0.2) is 16.3 Å². The maximum atomic E-state index is 13.3. The Kier molecular flexibility index (Phi) is 4.36. The van der Waals surface area contributed by atoms with Gasteiger partial charge in [0.15, 0.2) is 0 Å². The van der Waals surface area contributed by atoms with Crippen LogP contribution in [0.2, 0.25) is 0 Å². The molecule has 1 N–H and O–H groups in total. The van der Waals surface area contributed by atoms with Crippen molar-refractivity contribution in [1.82, 2.24) is 4.57 Å². The number of aryl methyl sites for hydroxylation is 1. The molecule has 4 nitrogen and oxygen atoms in total. The number of halogens is 1. The van der Waals surface area contributed by atoms with Gasteiger partial charge in [-0.1, -0.05) is 30.3 Å². The van der Waals surface area contributed by atoms with Gasteiger partial charge in [0.2, 0.25) is 11.7 Å². The van der Waals surface area contributed by atoms with E-state index in [1.807, 2.05) is 28.8 Å². The molecule has 0 aliphatic carbocycles. The summed E-state index contributed by atoms with van der Waals surface area (Å²) in [6.45, 7) is 2.38. The van der Waals surface area contributed by atoms with Crippen molar-refractivity contribution < 1.29 is 14.0 Å². The zero-order valence-electron chi connectivity index (χ0n) is 14.9. The summed E-state index contributed by atoms with van der Waals surface area (Å²) in [5.41, 5.74) is 3.35. The molecule has 1 aliphatic rings. The molecule has 0 saturated carbocycles. The lowest BCUT2D eigenvalue weighted by Gasteiger charge is -2.12. The fourth-order valence-electron chi connectivity index (χ4n) is 3.63. The predicted molar refractivity (Wildman–Crippen MR) is 101 cm³/mol. The topological polar surface area (TPSA) is 51.1 Å². The Morgan fingerprint density at radius 2 is 1.85 bits per heavy atom. The maximum absolute atomic E-state index is 13.3. The van der Waals surface area contributed by atoms with Gasteiger partial charge in [-0.05, 0) is 49.2 Å². The predicted octanol–water partition coefficient (Wildman–Crippen LogP) is 4.29. The average molecular weight is 362 g/mol. The van der Waals surface area contributed by atoms with E-state index in [4.69, 9.17) is 0 Å². The van der Waals surface area contributed by atoms with Gasteiger partial charge < -0.3 is 9.88 Å². The molecule has 0 radical (unpaired) electrons. The Hall–Kier alpha value is -3.21. The number of aromatic nitrogens is 1. The first-order chi connectivity index (χ1) is 13.0. The molecule has 1 amide bonds. The van der Waals surface area contributed by atoms with Crippen LogP contribution in [0.5, 0.6) is 0 Å². The SMILES string of the molecule is Cc1cc(F)ccc1NC(=O)C1CCn2c(C(=O)c3ccccc3)ccc21. The van der Waals surface area contributed by atoms with Crippen molar-refractivity contribution in [2.24, 2.45) is 0 Å². The number of carbonyl (C=O) groups is 2. The number of rotatable bonds is 4. The minimum absolute atomic E-state index is 0.0442. The Morgan fingerprint density at radius 3 is 2.59 bits per heavy atom. The van der Waals surface area contributed by atoms with E-state index in [-0.39, 0.29) is 23.4 Å². The maximum Gasteiger partial charge on any atom is 0.233 e. The first kappa shape index (κ1) is 17.2. The highest BCUT2D eigenvalue weighted by Gasteiger charge is 2.32. The largest absolute Gasteiger partial charge is 0.341 e. The second-order valence-electron chi connectivity index (χ2n) is 6.78. The number of benzene rings is 2. The number of fused-ring (bicyclic) bond motifs is 1. The van der Waals surface area contributed by atoms with Gasteiger partial charge in [-0.25, -0.2) is 4.39 Å². The molecule has 0 spiro atoms. The molecule has 136 valence electrons. The number of carbonyl (C=O) groups excluding carboxylic acids is 2. The molecule has 3 aromatic rings. The molecular formula is C22H19FN2O2. The van der Waals surface area contributed by atoms with Gasteiger partial charge in [-0.2, -0.15) is 0 Å². The van der Waals surface area contributed by atoms with Crippen molar-refractivity contribution in [1.29, 1.82) is 0 Å². The summed E-state index contributed by atoms with van der Waals surface area (Å²) in [7, 11) is 0. The van der Waals surface area contributed by atoms with E-state index in [0.717, 1.165) is 5.69 Å². The monoisotopic (exact) mass is 362 g/mol. The molecule has 5 heteroatoms. The summed E-state index contributed by atoms with van der Waals surface area (Å²) < 4.78 is 15.2. The van der Waals surface area contributed by atoms with Gasteiger partial charge in [0.25, 0.3) is 0 Å². The zero-order valence-corrected chi connectivity index (χ0v) is 14.9. The van der Waals surface area contributed by atoms with Crippen LogP contribution in [0, 0.1) is 12.7 Å². The van der Waals surface area contributed by atoms with Gasteiger partial charge in [-0.3, -0.25) is 9.59 Å². The number of nitrogens with zero attached hydrogens (tertiary/aromatic N) is 1. The van der Waals surface area contributed by atoms with Crippen LogP contribution in [-0.2, 0) is 11.3 Å². The third-order valence-electron chi connectivity index (χ3n) is 5.04. The Morgan fingerprint density at radius 1 is 1.07 bits per heavy atom.